The molecule has 0 radical (unpaired) electrons. The van der Waals surface area contributed by atoms with Crippen LogP contribution < -0.4 is 14.8 Å². The van der Waals surface area contributed by atoms with E-state index < -0.39 is 28.2 Å². The Balaban J connectivity index is 0.00000497. The van der Waals surface area contributed by atoms with Gasteiger partial charge in [-0.1, -0.05) is 34.6 Å². The van der Waals surface area contributed by atoms with Gasteiger partial charge in [-0.15, -0.1) is 0 Å². The van der Waals surface area contributed by atoms with Crippen molar-refractivity contribution >= 4 is 30.0 Å². The predicted octanol–water partition coefficient (Wildman–Crippen LogP) is 6.30. The van der Waals surface area contributed by atoms with Crippen molar-refractivity contribution in [3.05, 3.63) is 17.7 Å². The Morgan fingerprint density at radius 1 is 0.818 bits per heavy atom. The summed E-state index contributed by atoms with van der Waals surface area (Å²) in [7, 11) is 0. The highest BCUT2D eigenvalue weighted by Crippen LogP contribution is 2.38. The van der Waals surface area contributed by atoms with Crippen molar-refractivity contribution in [2.75, 3.05) is 6.54 Å². The van der Waals surface area contributed by atoms with Crippen LogP contribution in [0, 0.1) is 16.2 Å². The maximum absolute atomic E-state index is 13.7. The van der Waals surface area contributed by atoms with Gasteiger partial charge in [0, 0.05) is 22.9 Å². The van der Waals surface area contributed by atoms with Crippen LogP contribution in [0.4, 0.5) is 3.89 Å². The minimum absolute atomic E-state index is 0.00281. The molecule has 0 fully saturated rings. The first-order chi connectivity index (χ1) is 15.0. The number of halogens is 1. The van der Waals surface area contributed by atoms with Crippen LogP contribution in [0.2, 0.25) is 0 Å². The molecule has 0 heterocycles. The van der Waals surface area contributed by atoms with Crippen molar-refractivity contribution in [1.29, 1.82) is 0 Å². The van der Waals surface area contributed by atoms with E-state index in [1.54, 1.807) is 62.3 Å². The number of nitrogens with one attached hydrogen (secondary N) is 1. The van der Waals surface area contributed by atoms with E-state index in [1.807, 2.05) is 13.8 Å². The van der Waals surface area contributed by atoms with Crippen LogP contribution in [0.5, 0.6) is 11.5 Å². The second kappa shape index (κ2) is 12.4. The van der Waals surface area contributed by atoms with E-state index in [1.165, 1.54) is 12.1 Å². The zero-order valence-corrected chi connectivity index (χ0v) is 22.7. The Kier molecular flexibility index (Phi) is 11.6. The van der Waals surface area contributed by atoms with Crippen molar-refractivity contribution in [2.24, 2.45) is 16.2 Å². The molecule has 188 valence electrons. The van der Waals surface area contributed by atoms with Crippen molar-refractivity contribution < 1.29 is 27.7 Å². The average Bonchev–Trinajstić information content (AvgIpc) is 2.68. The summed E-state index contributed by atoms with van der Waals surface area (Å²) in [5, 5.41) is 2.81. The summed E-state index contributed by atoms with van der Waals surface area (Å²) in [5.74, 6) is -1.18. The molecule has 0 aliphatic rings. The fraction of sp³-hybridized carbons (Fsp3) is 0.640. The summed E-state index contributed by atoms with van der Waals surface area (Å²) < 4.78 is 24.6. The number of amides is 1. The summed E-state index contributed by atoms with van der Waals surface area (Å²) in [6, 6.07) is 2.83. The number of esters is 2. The molecule has 0 unspecified atom stereocenters. The maximum atomic E-state index is 13.7. The first-order valence-electron chi connectivity index (χ1n) is 11.1. The molecule has 0 spiro atoms. The second-order valence-corrected chi connectivity index (χ2v) is 11.1. The lowest BCUT2D eigenvalue weighted by Crippen LogP contribution is -2.36. The molecule has 1 amide bonds. The molecule has 0 bridgehead atoms. The lowest BCUT2D eigenvalue weighted by atomic mass is 9.95. The third kappa shape index (κ3) is 10.2. The summed E-state index contributed by atoms with van der Waals surface area (Å²) in [4.78, 5) is 37.1. The molecule has 1 rings (SSSR count). The number of ether oxygens (including phenoxy) is 2. The molecule has 6 nitrogen and oxygen atoms in total. The predicted molar refractivity (Wildman–Crippen MR) is 131 cm³/mol. The van der Waals surface area contributed by atoms with Crippen molar-refractivity contribution in [1.82, 2.24) is 5.32 Å². The third-order valence-electron chi connectivity index (χ3n) is 4.20. The van der Waals surface area contributed by atoms with Gasteiger partial charge in [0.15, 0.2) is 11.5 Å². The van der Waals surface area contributed by atoms with Gasteiger partial charge in [0.05, 0.1) is 23.0 Å². The minimum atomic E-state index is -0.801. The SMILES string of the molecule is CC.CC(C)(C)C(=O)NCCc1cc(OC(=O)C(C)(C)C)c(OC(=O)C(C)(C)C)cc1SF. The lowest BCUT2D eigenvalue weighted by molar-refractivity contribution is -0.145. The molecule has 0 saturated carbocycles. The van der Waals surface area contributed by atoms with Crippen LogP contribution in [0.15, 0.2) is 17.0 Å². The van der Waals surface area contributed by atoms with Gasteiger partial charge in [-0.3, -0.25) is 14.4 Å². The quantitative estimate of drug-likeness (QED) is 0.376. The summed E-state index contributed by atoms with van der Waals surface area (Å²) in [6.07, 6.45) is 0.307. The molecule has 1 aromatic carbocycles. The van der Waals surface area contributed by atoms with Gasteiger partial charge >= 0.3 is 11.9 Å². The van der Waals surface area contributed by atoms with E-state index in [0.29, 0.717) is 12.0 Å². The highest BCUT2D eigenvalue weighted by molar-refractivity contribution is 7.94. The molecular formula is C25H40FNO5S. The highest BCUT2D eigenvalue weighted by atomic mass is 32.2. The van der Waals surface area contributed by atoms with Crippen LogP contribution >= 0.6 is 12.1 Å². The first kappa shape index (κ1) is 30.9. The largest absolute Gasteiger partial charge is 0.422 e. The summed E-state index contributed by atoms with van der Waals surface area (Å²) in [6.45, 7) is 19.8. The minimum Gasteiger partial charge on any atom is -0.422 e. The smallest absolute Gasteiger partial charge is 0.316 e. The Labute approximate surface area is 202 Å². The lowest BCUT2D eigenvalue weighted by Gasteiger charge is -2.22. The first-order valence-corrected chi connectivity index (χ1v) is 11.9. The Bertz CT molecular complexity index is 833. The Morgan fingerprint density at radius 2 is 1.24 bits per heavy atom. The number of carbonyl (C=O) groups is 3. The van der Waals surface area contributed by atoms with Crippen LogP contribution in [0.3, 0.4) is 0 Å². The van der Waals surface area contributed by atoms with Crippen LogP contribution in [-0.2, 0) is 20.8 Å². The zero-order chi connectivity index (χ0) is 26.2. The van der Waals surface area contributed by atoms with Gasteiger partial charge in [0.1, 0.15) is 0 Å². The number of carbonyl (C=O) groups excluding carboxylic acids is 3. The normalized spacial score (nSPS) is 11.8. The number of rotatable bonds is 6. The Hall–Kier alpha value is -2.09. The van der Waals surface area contributed by atoms with Gasteiger partial charge in [0.2, 0.25) is 5.91 Å². The summed E-state index contributed by atoms with van der Waals surface area (Å²) >= 11 is -0.00281. The van der Waals surface area contributed by atoms with Gasteiger partial charge in [-0.05, 0) is 59.6 Å². The number of hydrogen-bond donors (Lipinski definition) is 1. The van der Waals surface area contributed by atoms with Crippen LogP contribution in [0.25, 0.3) is 0 Å². The van der Waals surface area contributed by atoms with Gasteiger partial charge in [0.25, 0.3) is 0 Å². The molecule has 0 saturated heterocycles. The monoisotopic (exact) mass is 485 g/mol. The van der Waals surface area contributed by atoms with E-state index in [2.05, 4.69) is 5.32 Å². The zero-order valence-electron chi connectivity index (χ0n) is 21.9. The maximum Gasteiger partial charge on any atom is 0.316 e. The van der Waals surface area contributed by atoms with E-state index in [4.69, 9.17) is 9.47 Å². The van der Waals surface area contributed by atoms with Crippen molar-refractivity contribution in [2.45, 2.75) is 87.5 Å². The second-order valence-electron chi connectivity index (χ2n) is 10.5. The molecule has 1 aromatic rings. The van der Waals surface area contributed by atoms with Crippen LogP contribution in [-0.4, -0.2) is 24.4 Å². The van der Waals surface area contributed by atoms with Gasteiger partial charge in [-0.2, -0.15) is 3.89 Å². The van der Waals surface area contributed by atoms with Gasteiger partial charge in [-0.25, -0.2) is 0 Å². The van der Waals surface area contributed by atoms with E-state index in [9.17, 15) is 18.3 Å². The molecule has 8 heteroatoms. The summed E-state index contributed by atoms with van der Waals surface area (Å²) in [5.41, 5.74) is -1.62. The third-order valence-corrected chi connectivity index (χ3v) is 4.75. The van der Waals surface area contributed by atoms with E-state index in [-0.39, 0.29) is 41.0 Å². The molecule has 33 heavy (non-hydrogen) atoms. The van der Waals surface area contributed by atoms with Crippen molar-refractivity contribution in [3.63, 3.8) is 0 Å². The average molecular weight is 486 g/mol. The molecule has 0 aromatic heterocycles. The Morgan fingerprint density at radius 3 is 1.61 bits per heavy atom. The van der Waals surface area contributed by atoms with E-state index in [0.717, 1.165) is 0 Å². The van der Waals surface area contributed by atoms with Gasteiger partial charge < -0.3 is 14.8 Å². The van der Waals surface area contributed by atoms with E-state index >= 15 is 0 Å². The number of hydrogen-bond acceptors (Lipinski definition) is 6. The fourth-order valence-electron chi connectivity index (χ4n) is 2.09. The molecule has 0 aliphatic carbocycles. The molecule has 0 atom stereocenters. The molecular weight excluding hydrogens is 445 g/mol. The highest BCUT2D eigenvalue weighted by Gasteiger charge is 2.29. The number of benzene rings is 1. The standard InChI is InChI=1S/C23H34FNO5S.C2H6/c1-21(2,3)18(26)25-11-10-14-12-15(29-19(27)22(4,5)6)16(13-17(14)31-24)30-20(28)23(7,8)9;1-2/h12-13H,10-11H2,1-9H3,(H,25,26);1-2H3. The fourth-order valence-corrected chi connectivity index (χ4v) is 2.50. The van der Waals surface area contributed by atoms with Crippen LogP contribution in [0.1, 0.15) is 81.7 Å². The molecule has 0 aliphatic heterocycles. The topological polar surface area (TPSA) is 81.7 Å². The molecule has 1 N–H and O–H groups in total. The van der Waals surface area contributed by atoms with Crippen molar-refractivity contribution in [3.8, 4) is 11.5 Å².